The maximum atomic E-state index is 12.6. The van der Waals surface area contributed by atoms with Crippen molar-refractivity contribution in [3.8, 4) is 0 Å². The number of aliphatic hydroxyl groups is 3. The van der Waals surface area contributed by atoms with Gasteiger partial charge in [-0.25, -0.2) is 0 Å². The number of ether oxygens (including phenoxy) is 4. The highest BCUT2D eigenvalue weighted by molar-refractivity contribution is 5.40. The van der Waals surface area contributed by atoms with Crippen molar-refractivity contribution >= 4 is 0 Å². The van der Waals surface area contributed by atoms with Crippen molar-refractivity contribution in [3.05, 3.63) is 35.8 Å². The van der Waals surface area contributed by atoms with Gasteiger partial charge >= 0.3 is 0 Å². The summed E-state index contributed by atoms with van der Waals surface area (Å²) in [5, 5.41) is 36.8. The molecule has 35 heavy (non-hydrogen) atoms. The van der Waals surface area contributed by atoms with Gasteiger partial charge in [-0.15, -0.1) is 0 Å². The number of fused-ring (bicyclic) bond motifs is 2. The van der Waals surface area contributed by atoms with Gasteiger partial charge in [0.15, 0.2) is 17.2 Å². The average Bonchev–Trinajstić information content (AvgIpc) is 3.31. The summed E-state index contributed by atoms with van der Waals surface area (Å²) in [6, 6.07) is 1.88. The Bertz CT molecular complexity index is 1130. The van der Waals surface area contributed by atoms with E-state index in [1.54, 1.807) is 19.5 Å². The molecule has 3 N–H and O–H groups in total. The van der Waals surface area contributed by atoms with E-state index in [2.05, 4.69) is 20.8 Å². The molecule has 5 bridgehead atoms. The lowest BCUT2D eigenvalue weighted by atomic mass is 9.49. The fourth-order valence-electron chi connectivity index (χ4n) is 8.99. The minimum absolute atomic E-state index is 0.0501. The Kier molecular flexibility index (Phi) is 3.97. The maximum Gasteiger partial charge on any atom is 0.223 e. The van der Waals surface area contributed by atoms with E-state index >= 15 is 0 Å². The topological polar surface area (TPSA) is 111 Å². The summed E-state index contributed by atoms with van der Waals surface area (Å²) in [7, 11) is 0. The quantitative estimate of drug-likeness (QED) is 0.545. The van der Waals surface area contributed by atoms with Crippen molar-refractivity contribution in [1.82, 2.24) is 0 Å². The van der Waals surface area contributed by atoms with E-state index in [0.717, 1.165) is 5.56 Å². The van der Waals surface area contributed by atoms with Crippen LogP contribution in [0.4, 0.5) is 0 Å². The summed E-state index contributed by atoms with van der Waals surface area (Å²) in [6.45, 7) is 11.9. The second-order valence-electron chi connectivity index (χ2n) is 13.3. The summed E-state index contributed by atoms with van der Waals surface area (Å²) in [5.74, 6) is -4.89. The van der Waals surface area contributed by atoms with Gasteiger partial charge in [-0.1, -0.05) is 40.7 Å². The molecular formula is C27H36O8. The van der Waals surface area contributed by atoms with Crippen LogP contribution in [0.2, 0.25) is 0 Å². The van der Waals surface area contributed by atoms with Crippen LogP contribution in [0.3, 0.4) is 0 Å². The first-order valence-electron chi connectivity index (χ1n) is 12.8. The fourth-order valence-corrected chi connectivity index (χ4v) is 8.99. The molecule has 8 nitrogen and oxygen atoms in total. The standard InChI is InChI=1S/C27H36O8/c1-14(2)25-10-17-22(6,18(32-25)16-7-8-31-11-16)12-23(28)13-24(17)20(34-25)26(29)19(33-23)21(4,5)9-15(3)27(26,30)35-24/h7-9,11,14,17-20,28-30H,10,12-13H2,1-6H3/t17-,18+,19-,20+,22-,23+,24-,25?,26+,27-/m1/s1. The Morgan fingerprint density at radius 3 is 2.40 bits per heavy atom. The van der Waals surface area contributed by atoms with Crippen LogP contribution < -0.4 is 0 Å². The highest BCUT2D eigenvalue weighted by Crippen LogP contribution is 2.76. The van der Waals surface area contributed by atoms with Crippen molar-refractivity contribution < 1.29 is 38.7 Å². The van der Waals surface area contributed by atoms with Crippen molar-refractivity contribution in [2.45, 2.75) is 108 Å². The summed E-state index contributed by atoms with van der Waals surface area (Å²) in [5.41, 5.74) is -3.12. The van der Waals surface area contributed by atoms with Gasteiger partial charge in [0, 0.05) is 47.5 Å². The average molecular weight is 489 g/mol. The maximum absolute atomic E-state index is 12.6. The molecule has 6 aliphatic rings. The van der Waals surface area contributed by atoms with Gasteiger partial charge in [0.05, 0.1) is 18.6 Å². The monoisotopic (exact) mass is 488 g/mol. The molecule has 8 heteroatoms. The Morgan fingerprint density at radius 1 is 1.00 bits per heavy atom. The first-order valence-corrected chi connectivity index (χ1v) is 12.8. The van der Waals surface area contributed by atoms with Crippen LogP contribution >= 0.6 is 0 Å². The van der Waals surface area contributed by atoms with Gasteiger partial charge in [-0.05, 0) is 18.6 Å². The predicted molar refractivity (Wildman–Crippen MR) is 122 cm³/mol. The first kappa shape index (κ1) is 22.9. The smallest absolute Gasteiger partial charge is 0.223 e. The molecule has 4 aliphatic heterocycles. The lowest BCUT2D eigenvalue weighted by molar-refractivity contribution is -0.443. The normalized spacial score (nSPS) is 57.3. The molecule has 5 heterocycles. The largest absolute Gasteiger partial charge is 0.472 e. The van der Waals surface area contributed by atoms with Gasteiger partial charge in [0.25, 0.3) is 0 Å². The molecule has 192 valence electrons. The van der Waals surface area contributed by atoms with Gasteiger partial charge in [-0.3, -0.25) is 0 Å². The van der Waals surface area contributed by atoms with Gasteiger partial charge < -0.3 is 38.7 Å². The molecule has 5 fully saturated rings. The molecular weight excluding hydrogens is 452 g/mol. The van der Waals surface area contributed by atoms with Crippen LogP contribution in [0.25, 0.3) is 0 Å². The molecule has 7 rings (SSSR count). The molecule has 10 atom stereocenters. The van der Waals surface area contributed by atoms with Crippen LogP contribution in [0.15, 0.2) is 34.7 Å². The Labute approximate surface area is 205 Å². The zero-order valence-corrected chi connectivity index (χ0v) is 21.2. The first-order chi connectivity index (χ1) is 16.2. The number of furan rings is 1. The van der Waals surface area contributed by atoms with Crippen LogP contribution in [0.5, 0.6) is 0 Å². The molecule has 1 aromatic rings. The molecule has 0 amide bonds. The third kappa shape index (κ3) is 2.31. The minimum atomic E-state index is -2.02. The van der Waals surface area contributed by atoms with Crippen LogP contribution in [0.1, 0.15) is 72.5 Å². The lowest BCUT2D eigenvalue weighted by Gasteiger charge is -2.68. The second-order valence-corrected chi connectivity index (χ2v) is 13.3. The minimum Gasteiger partial charge on any atom is -0.472 e. The Morgan fingerprint density at radius 2 is 1.74 bits per heavy atom. The lowest BCUT2D eigenvalue weighted by Crippen LogP contribution is -2.75. The SMILES string of the molecule is CC1=CC(C)(C)[C@H]2O[C@@]3(O)C[C@]4(C)[C@H]5CC(C(C)C)(O[C@H]4c4ccoc4)O[C@H]4[C@]5(C3)O[C@@]1(O)[C@]24O. The molecule has 1 unspecified atom stereocenters. The molecule has 1 aromatic heterocycles. The van der Waals surface area contributed by atoms with E-state index in [1.807, 2.05) is 26.0 Å². The molecule has 4 saturated heterocycles. The predicted octanol–water partition coefficient (Wildman–Crippen LogP) is 3.17. The third-order valence-electron chi connectivity index (χ3n) is 10.3. The highest BCUT2D eigenvalue weighted by atomic mass is 16.8. The van der Waals surface area contributed by atoms with Crippen molar-refractivity contribution in [1.29, 1.82) is 0 Å². The van der Waals surface area contributed by atoms with E-state index in [-0.39, 0.29) is 24.7 Å². The Hall–Kier alpha value is -1.26. The van der Waals surface area contributed by atoms with E-state index in [4.69, 9.17) is 23.4 Å². The highest BCUT2D eigenvalue weighted by Gasteiger charge is 2.88. The van der Waals surface area contributed by atoms with Crippen LogP contribution in [-0.4, -0.2) is 56.1 Å². The number of hydrogen-bond acceptors (Lipinski definition) is 8. The zero-order chi connectivity index (χ0) is 25.0. The summed E-state index contributed by atoms with van der Waals surface area (Å²) in [6.07, 6.45) is 3.68. The molecule has 2 aliphatic carbocycles. The molecule has 1 saturated carbocycles. The second kappa shape index (κ2) is 6.07. The molecule has 0 aromatic carbocycles. The van der Waals surface area contributed by atoms with Crippen molar-refractivity contribution in [3.63, 3.8) is 0 Å². The van der Waals surface area contributed by atoms with Crippen molar-refractivity contribution in [2.75, 3.05) is 0 Å². The van der Waals surface area contributed by atoms with Crippen LogP contribution in [0, 0.1) is 22.7 Å². The van der Waals surface area contributed by atoms with E-state index in [9.17, 15) is 15.3 Å². The fraction of sp³-hybridized carbons (Fsp3) is 0.778. The van der Waals surface area contributed by atoms with Gasteiger partial charge in [0.2, 0.25) is 5.79 Å². The summed E-state index contributed by atoms with van der Waals surface area (Å²) < 4.78 is 32.5. The summed E-state index contributed by atoms with van der Waals surface area (Å²) in [4.78, 5) is 0. The molecule has 0 radical (unpaired) electrons. The van der Waals surface area contributed by atoms with E-state index < -0.39 is 57.7 Å². The Balaban J connectivity index is 1.54. The van der Waals surface area contributed by atoms with Gasteiger partial charge in [-0.2, -0.15) is 0 Å². The van der Waals surface area contributed by atoms with Crippen LogP contribution in [-0.2, 0) is 18.9 Å². The zero-order valence-electron chi connectivity index (χ0n) is 21.2. The van der Waals surface area contributed by atoms with E-state index in [1.165, 1.54) is 0 Å². The summed E-state index contributed by atoms with van der Waals surface area (Å²) >= 11 is 0. The van der Waals surface area contributed by atoms with Crippen molar-refractivity contribution in [2.24, 2.45) is 22.7 Å². The number of hydrogen-bond donors (Lipinski definition) is 3. The third-order valence-corrected chi connectivity index (χ3v) is 10.3. The number of rotatable bonds is 2. The van der Waals surface area contributed by atoms with E-state index in [0.29, 0.717) is 12.0 Å². The van der Waals surface area contributed by atoms with Gasteiger partial charge in [0.1, 0.15) is 17.8 Å². The molecule has 1 spiro atoms.